The molecule has 0 unspecified atom stereocenters. The van der Waals surface area contributed by atoms with Gasteiger partial charge in [0.25, 0.3) is 0 Å². The van der Waals surface area contributed by atoms with Crippen LogP contribution in [0.5, 0.6) is 0 Å². The van der Waals surface area contributed by atoms with E-state index in [0.717, 1.165) is 13.1 Å². The van der Waals surface area contributed by atoms with Gasteiger partial charge >= 0.3 is 11.9 Å². The van der Waals surface area contributed by atoms with Crippen molar-refractivity contribution in [3.63, 3.8) is 0 Å². The molecule has 6 heteroatoms. The monoisotopic (exact) mass is 206 g/mol. The first-order chi connectivity index (χ1) is 6.20. The normalized spacial score (nSPS) is 14.7. The number of hydrogen-bond donors (Lipinski definition) is 2. The van der Waals surface area contributed by atoms with Crippen LogP contribution in [0.25, 0.3) is 0 Å². The van der Waals surface area contributed by atoms with Crippen molar-refractivity contribution in [3.05, 3.63) is 0 Å². The lowest BCUT2D eigenvalue weighted by atomic mass is 10.6. The third-order valence-corrected chi connectivity index (χ3v) is 1.17. The highest BCUT2D eigenvalue weighted by Gasteiger charge is 2.16. The first-order valence-electron chi connectivity index (χ1n) is 4.22. The molecule has 1 fully saturated rings. The molecule has 1 heterocycles. The highest BCUT2D eigenvalue weighted by molar-refractivity contribution is 5.88. The molecule has 14 heavy (non-hydrogen) atoms. The molecule has 0 aliphatic carbocycles. The quantitative estimate of drug-likeness (QED) is 0.482. The summed E-state index contributed by atoms with van der Waals surface area (Å²) in [5, 5.41) is 3.11. The fraction of sp³-hybridized carbons (Fsp3) is 0.750. The minimum Gasteiger partial charge on any atom is -0.390 e. The Kier molecular flexibility index (Phi) is 11.2. The largest absolute Gasteiger partial charge is 0.390 e. The van der Waals surface area contributed by atoms with E-state index in [2.05, 4.69) is 28.6 Å². The molecule has 0 bridgehead atoms. The zero-order valence-electron chi connectivity index (χ0n) is 8.67. The van der Waals surface area contributed by atoms with E-state index < -0.39 is 11.9 Å². The van der Waals surface area contributed by atoms with Crippen molar-refractivity contribution < 1.29 is 19.1 Å². The van der Waals surface area contributed by atoms with Crippen molar-refractivity contribution in [2.45, 2.75) is 13.8 Å². The van der Waals surface area contributed by atoms with Gasteiger partial charge < -0.3 is 20.9 Å². The zero-order chi connectivity index (χ0) is 10.1. The molecule has 0 saturated carbocycles. The standard InChI is InChI=1S/C4H11N.C4H4O4.H3N/c1-3-5-4-2;5-3-1-7-2-4(6)8-3;/h5H,3-4H2,1-2H3;1-2H2;1H3. The number of carbonyl (C=O) groups excluding carboxylic acids is 2. The minimum atomic E-state index is -0.610. The van der Waals surface area contributed by atoms with E-state index in [1.807, 2.05) is 0 Å². The van der Waals surface area contributed by atoms with Crippen LogP contribution in [0.3, 0.4) is 0 Å². The molecular weight excluding hydrogens is 188 g/mol. The third kappa shape index (κ3) is 9.11. The van der Waals surface area contributed by atoms with Crippen LogP contribution in [0, 0.1) is 0 Å². The Morgan fingerprint density at radius 2 is 1.57 bits per heavy atom. The Morgan fingerprint density at radius 1 is 1.14 bits per heavy atom. The SMILES string of the molecule is CCNCC.N.O=C1COCC(=O)O1. The van der Waals surface area contributed by atoms with Crippen molar-refractivity contribution in [1.82, 2.24) is 11.5 Å². The van der Waals surface area contributed by atoms with E-state index in [9.17, 15) is 9.59 Å². The van der Waals surface area contributed by atoms with Crippen LogP contribution in [0.15, 0.2) is 0 Å². The molecule has 0 aromatic carbocycles. The van der Waals surface area contributed by atoms with Crippen molar-refractivity contribution in [3.8, 4) is 0 Å². The second-order valence-corrected chi connectivity index (χ2v) is 2.30. The number of esters is 2. The molecule has 0 atom stereocenters. The molecule has 1 aliphatic heterocycles. The van der Waals surface area contributed by atoms with E-state index in [4.69, 9.17) is 0 Å². The summed E-state index contributed by atoms with van der Waals surface area (Å²) in [6.45, 7) is 6.18. The summed E-state index contributed by atoms with van der Waals surface area (Å²) in [6.07, 6.45) is 0. The molecule has 1 aliphatic rings. The van der Waals surface area contributed by atoms with E-state index in [1.165, 1.54) is 0 Å². The number of nitrogens with one attached hydrogen (secondary N) is 1. The fourth-order valence-electron chi connectivity index (χ4n) is 0.654. The smallest absolute Gasteiger partial charge is 0.339 e. The predicted molar refractivity (Wildman–Crippen MR) is 51.2 cm³/mol. The molecule has 0 spiro atoms. The Morgan fingerprint density at radius 3 is 1.71 bits per heavy atom. The van der Waals surface area contributed by atoms with E-state index in [0.29, 0.717) is 0 Å². The molecule has 6 nitrogen and oxygen atoms in total. The van der Waals surface area contributed by atoms with Gasteiger partial charge in [0.1, 0.15) is 13.2 Å². The molecular formula is C8H18N2O4. The molecule has 1 saturated heterocycles. The van der Waals surface area contributed by atoms with Gasteiger partial charge in [-0.25, -0.2) is 9.59 Å². The zero-order valence-corrected chi connectivity index (χ0v) is 8.67. The van der Waals surface area contributed by atoms with Gasteiger partial charge in [-0.2, -0.15) is 0 Å². The Bertz CT molecular complexity index is 157. The van der Waals surface area contributed by atoms with Gasteiger partial charge in [0.05, 0.1) is 0 Å². The van der Waals surface area contributed by atoms with E-state index in [1.54, 1.807) is 0 Å². The molecule has 1 rings (SSSR count). The maximum absolute atomic E-state index is 10.1. The molecule has 0 radical (unpaired) electrons. The van der Waals surface area contributed by atoms with Gasteiger partial charge in [-0.05, 0) is 13.1 Å². The first-order valence-corrected chi connectivity index (χ1v) is 4.22. The van der Waals surface area contributed by atoms with Crippen molar-refractivity contribution in [2.24, 2.45) is 0 Å². The second kappa shape index (κ2) is 10.1. The third-order valence-electron chi connectivity index (χ3n) is 1.17. The van der Waals surface area contributed by atoms with Crippen molar-refractivity contribution in [2.75, 3.05) is 26.3 Å². The summed E-state index contributed by atoms with van der Waals surface area (Å²) in [6, 6.07) is 0. The summed E-state index contributed by atoms with van der Waals surface area (Å²) in [5.41, 5.74) is 0. The number of carbonyl (C=O) groups is 2. The number of hydrogen-bond acceptors (Lipinski definition) is 6. The van der Waals surface area contributed by atoms with Gasteiger partial charge in [0.2, 0.25) is 0 Å². The molecule has 0 aromatic heterocycles. The van der Waals surface area contributed by atoms with Crippen LogP contribution in [0.1, 0.15) is 13.8 Å². The summed E-state index contributed by atoms with van der Waals surface area (Å²) in [7, 11) is 0. The highest BCUT2D eigenvalue weighted by atomic mass is 16.6. The van der Waals surface area contributed by atoms with Gasteiger partial charge in [-0.15, -0.1) is 0 Å². The average molecular weight is 206 g/mol. The predicted octanol–water partition coefficient (Wildman–Crippen LogP) is -0.136. The van der Waals surface area contributed by atoms with Crippen LogP contribution in [0.4, 0.5) is 0 Å². The van der Waals surface area contributed by atoms with Crippen LogP contribution < -0.4 is 11.5 Å². The van der Waals surface area contributed by atoms with Gasteiger partial charge in [-0.3, -0.25) is 0 Å². The lowest BCUT2D eigenvalue weighted by molar-refractivity contribution is -0.174. The second-order valence-electron chi connectivity index (χ2n) is 2.30. The average Bonchev–Trinajstić information content (AvgIpc) is 2.06. The highest BCUT2D eigenvalue weighted by Crippen LogP contribution is 1.90. The molecule has 0 amide bonds. The summed E-state index contributed by atoms with van der Waals surface area (Å²) in [5.74, 6) is -1.22. The van der Waals surface area contributed by atoms with Crippen LogP contribution >= 0.6 is 0 Å². The lowest BCUT2D eigenvalue weighted by Gasteiger charge is -2.07. The van der Waals surface area contributed by atoms with Crippen molar-refractivity contribution in [1.29, 1.82) is 0 Å². The van der Waals surface area contributed by atoms with Gasteiger partial charge in [-0.1, -0.05) is 13.8 Å². The Balaban J connectivity index is 0. The Labute approximate surface area is 83.5 Å². The lowest BCUT2D eigenvalue weighted by Crippen LogP contribution is -2.28. The minimum absolute atomic E-state index is 0. The number of cyclic esters (lactones) is 2. The summed E-state index contributed by atoms with van der Waals surface area (Å²) >= 11 is 0. The first kappa shape index (κ1) is 15.5. The maximum atomic E-state index is 10.1. The fourth-order valence-corrected chi connectivity index (χ4v) is 0.654. The van der Waals surface area contributed by atoms with E-state index in [-0.39, 0.29) is 19.4 Å². The van der Waals surface area contributed by atoms with Crippen LogP contribution in [-0.2, 0) is 19.1 Å². The topological polar surface area (TPSA) is 99.6 Å². The van der Waals surface area contributed by atoms with Crippen LogP contribution in [-0.4, -0.2) is 38.2 Å². The summed E-state index contributed by atoms with van der Waals surface area (Å²) in [4.78, 5) is 20.2. The Hall–Kier alpha value is -0.980. The van der Waals surface area contributed by atoms with Gasteiger partial charge in [0.15, 0.2) is 0 Å². The molecule has 84 valence electrons. The molecule has 4 N–H and O–H groups in total. The van der Waals surface area contributed by atoms with Crippen LogP contribution in [0.2, 0.25) is 0 Å². The number of rotatable bonds is 2. The maximum Gasteiger partial charge on any atom is 0.339 e. The van der Waals surface area contributed by atoms with E-state index >= 15 is 0 Å². The molecule has 0 aromatic rings. The number of ether oxygens (including phenoxy) is 2. The van der Waals surface area contributed by atoms with Gasteiger partial charge in [0, 0.05) is 0 Å². The van der Waals surface area contributed by atoms with Crippen molar-refractivity contribution >= 4 is 11.9 Å². The summed E-state index contributed by atoms with van der Waals surface area (Å²) < 4.78 is 8.55.